The summed E-state index contributed by atoms with van der Waals surface area (Å²) in [4.78, 5) is 25.0. The van der Waals surface area contributed by atoms with Crippen molar-refractivity contribution in [3.05, 3.63) is 29.9 Å². The Morgan fingerprint density at radius 3 is 2.85 bits per heavy atom. The van der Waals surface area contributed by atoms with Gasteiger partial charge in [-0.2, -0.15) is 0 Å². The zero-order valence-corrected chi connectivity index (χ0v) is 15.1. The highest BCUT2D eigenvalue weighted by atomic mass is 16.5. The van der Waals surface area contributed by atoms with Crippen molar-refractivity contribution in [1.82, 2.24) is 20.0 Å². The lowest BCUT2D eigenvalue weighted by molar-refractivity contribution is 0.0519. The molecule has 0 aromatic carbocycles. The van der Waals surface area contributed by atoms with Gasteiger partial charge < -0.3 is 19.1 Å². The van der Waals surface area contributed by atoms with Gasteiger partial charge in [-0.05, 0) is 25.7 Å². The van der Waals surface area contributed by atoms with Gasteiger partial charge in [-0.25, -0.2) is 9.97 Å². The summed E-state index contributed by atoms with van der Waals surface area (Å²) in [6, 6.07) is 1.79. The Morgan fingerprint density at radius 1 is 1.27 bits per heavy atom. The van der Waals surface area contributed by atoms with E-state index in [2.05, 4.69) is 15.1 Å². The molecule has 1 aliphatic heterocycles. The molecule has 3 heterocycles. The van der Waals surface area contributed by atoms with Gasteiger partial charge in [0, 0.05) is 45.0 Å². The number of ether oxygens (including phenoxy) is 1. The fourth-order valence-corrected chi connectivity index (χ4v) is 3.20. The molecule has 2 aromatic rings. The number of amides is 1. The lowest BCUT2D eigenvalue weighted by Gasteiger charge is -2.32. The molecular weight excluding hydrogens is 334 g/mol. The van der Waals surface area contributed by atoms with Crippen LogP contribution in [0.25, 0.3) is 0 Å². The Morgan fingerprint density at radius 2 is 2.08 bits per heavy atom. The molecule has 4 rings (SSSR count). The molecule has 0 N–H and O–H groups in total. The van der Waals surface area contributed by atoms with Crippen LogP contribution in [0.3, 0.4) is 0 Å². The van der Waals surface area contributed by atoms with Crippen LogP contribution in [0.15, 0.2) is 23.0 Å². The molecule has 138 valence electrons. The van der Waals surface area contributed by atoms with Crippen molar-refractivity contribution in [3.8, 4) is 5.88 Å². The molecule has 2 aliphatic rings. The molecule has 0 spiro atoms. The van der Waals surface area contributed by atoms with Crippen LogP contribution < -0.4 is 9.64 Å². The fraction of sp³-hybridized carbons (Fsp3) is 0.556. The highest BCUT2D eigenvalue weighted by Gasteiger charge is 2.32. The summed E-state index contributed by atoms with van der Waals surface area (Å²) in [5.74, 6) is 2.35. The summed E-state index contributed by atoms with van der Waals surface area (Å²) in [5, 5.41) is 3.96. The van der Waals surface area contributed by atoms with E-state index in [1.807, 2.05) is 19.0 Å². The van der Waals surface area contributed by atoms with Crippen LogP contribution in [0.4, 0.5) is 5.82 Å². The molecule has 0 bridgehead atoms. The zero-order valence-electron chi connectivity index (χ0n) is 15.1. The van der Waals surface area contributed by atoms with E-state index in [0.29, 0.717) is 36.4 Å². The molecule has 2 aromatic heterocycles. The van der Waals surface area contributed by atoms with Crippen molar-refractivity contribution in [2.24, 2.45) is 0 Å². The molecular formula is C18H23N5O3. The maximum absolute atomic E-state index is 12.7. The number of anilines is 1. The quantitative estimate of drug-likeness (QED) is 0.810. The molecule has 1 atom stereocenters. The third kappa shape index (κ3) is 3.49. The van der Waals surface area contributed by atoms with E-state index in [0.717, 1.165) is 31.4 Å². The van der Waals surface area contributed by atoms with Gasteiger partial charge in [-0.1, -0.05) is 5.16 Å². The predicted molar refractivity (Wildman–Crippen MR) is 94.4 cm³/mol. The second-order valence-corrected chi connectivity index (χ2v) is 7.10. The average molecular weight is 357 g/mol. The highest BCUT2D eigenvalue weighted by molar-refractivity contribution is 5.92. The van der Waals surface area contributed by atoms with Crippen molar-refractivity contribution in [2.75, 3.05) is 32.1 Å². The average Bonchev–Trinajstić information content (AvgIpc) is 3.38. The minimum atomic E-state index is -0.113. The molecule has 8 nitrogen and oxygen atoms in total. The van der Waals surface area contributed by atoms with Crippen molar-refractivity contribution in [1.29, 1.82) is 0 Å². The van der Waals surface area contributed by atoms with E-state index < -0.39 is 0 Å². The first-order valence-corrected chi connectivity index (χ1v) is 9.02. The number of aromatic nitrogens is 3. The van der Waals surface area contributed by atoms with E-state index in [4.69, 9.17) is 9.26 Å². The number of nitrogens with zero attached hydrogens (tertiary/aromatic N) is 5. The van der Waals surface area contributed by atoms with Crippen LogP contribution in [0.5, 0.6) is 5.88 Å². The normalized spacial score (nSPS) is 20.1. The fourth-order valence-electron chi connectivity index (χ4n) is 3.20. The van der Waals surface area contributed by atoms with Crippen molar-refractivity contribution in [2.45, 2.75) is 37.7 Å². The summed E-state index contributed by atoms with van der Waals surface area (Å²) in [6.45, 7) is 1.21. The molecule has 26 heavy (non-hydrogen) atoms. The smallest absolute Gasteiger partial charge is 0.276 e. The first kappa shape index (κ1) is 16.8. The van der Waals surface area contributed by atoms with Gasteiger partial charge in [0.1, 0.15) is 11.9 Å². The van der Waals surface area contributed by atoms with Gasteiger partial charge in [-0.3, -0.25) is 4.79 Å². The van der Waals surface area contributed by atoms with E-state index in [1.165, 1.54) is 0 Å². The van der Waals surface area contributed by atoms with Crippen molar-refractivity contribution in [3.63, 3.8) is 0 Å². The summed E-state index contributed by atoms with van der Waals surface area (Å²) in [5.41, 5.74) is 0.390. The molecule has 8 heteroatoms. The topological polar surface area (TPSA) is 84.6 Å². The van der Waals surface area contributed by atoms with Crippen LogP contribution in [-0.2, 0) is 0 Å². The van der Waals surface area contributed by atoms with Gasteiger partial charge in [0.05, 0.1) is 6.54 Å². The van der Waals surface area contributed by atoms with Gasteiger partial charge >= 0.3 is 0 Å². The Kier molecular flexibility index (Phi) is 4.48. The molecule has 1 amide bonds. The Bertz CT molecular complexity index is 787. The third-order valence-corrected chi connectivity index (χ3v) is 4.74. The first-order chi connectivity index (χ1) is 12.6. The second kappa shape index (κ2) is 6.93. The van der Waals surface area contributed by atoms with Crippen LogP contribution in [0, 0.1) is 0 Å². The molecule has 1 aliphatic carbocycles. The Labute approximate surface area is 152 Å². The molecule has 1 unspecified atom stereocenters. The number of likely N-dealkylation sites (tertiary alicyclic amines) is 1. The number of piperidine rings is 1. The summed E-state index contributed by atoms with van der Waals surface area (Å²) < 4.78 is 11.4. The van der Waals surface area contributed by atoms with E-state index >= 15 is 0 Å². The predicted octanol–water partition coefficient (Wildman–Crippen LogP) is 2.09. The summed E-state index contributed by atoms with van der Waals surface area (Å²) >= 11 is 0. The minimum absolute atomic E-state index is 0.0964. The van der Waals surface area contributed by atoms with Gasteiger partial charge in [0.2, 0.25) is 0 Å². The van der Waals surface area contributed by atoms with Crippen molar-refractivity contribution >= 4 is 11.7 Å². The highest BCUT2D eigenvalue weighted by Crippen LogP contribution is 2.40. The van der Waals surface area contributed by atoms with Crippen LogP contribution >= 0.6 is 0 Å². The van der Waals surface area contributed by atoms with E-state index in [-0.39, 0.29) is 12.0 Å². The molecule has 1 saturated heterocycles. The SMILES string of the molecule is CN(C)c1nccnc1OC1CCCN(C(=O)c2cc(C3CC3)on2)C1. The number of hydrogen-bond acceptors (Lipinski definition) is 7. The number of carbonyl (C=O) groups excluding carboxylic acids is 1. The number of hydrogen-bond donors (Lipinski definition) is 0. The molecule has 0 radical (unpaired) electrons. The maximum Gasteiger partial charge on any atom is 0.276 e. The van der Waals surface area contributed by atoms with Gasteiger partial charge in [-0.15, -0.1) is 0 Å². The standard InChI is InChI=1S/C18H23N5O3/c1-22(2)16-17(20-8-7-19-16)25-13-4-3-9-23(11-13)18(24)14-10-15(26-21-14)12-5-6-12/h7-8,10,12-13H,3-6,9,11H2,1-2H3. The molecule has 1 saturated carbocycles. The van der Waals surface area contributed by atoms with Crippen LogP contribution in [0.2, 0.25) is 0 Å². The molecule has 2 fully saturated rings. The van der Waals surface area contributed by atoms with Gasteiger partial charge in [0.15, 0.2) is 11.5 Å². The van der Waals surface area contributed by atoms with Crippen LogP contribution in [0.1, 0.15) is 47.8 Å². The maximum atomic E-state index is 12.7. The number of carbonyl (C=O) groups is 1. The largest absolute Gasteiger partial charge is 0.470 e. The minimum Gasteiger partial charge on any atom is -0.470 e. The lowest BCUT2D eigenvalue weighted by Crippen LogP contribution is -2.44. The first-order valence-electron chi connectivity index (χ1n) is 9.02. The third-order valence-electron chi connectivity index (χ3n) is 4.74. The Hall–Kier alpha value is -2.64. The monoisotopic (exact) mass is 357 g/mol. The van der Waals surface area contributed by atoms with Crippen LogP contribution in [-0.4, -0.2) is 59.2 Å². The second-order valence-electron chi connectivity index (χ2n) is 7.10. The van der Waals surface area contributed by atoms with E-state index in [1.54, 1.807) is 23.4 Å². The van der Waals surface area contributed by atoms with Crippen molar-refractivity contribution < 1.29 is 14.1 Å². The summed E-state index contributed by atoms with van der Waals surface area (Å²) in [6.07, 6.45) is 7.13. The lowest BCUT2D eigenvalue weighted by atomic mass is 10.1. The summed E-state index contributed by atoms with van der Waals surface area (Å²) in [7, 11) is 3.80. The Balaban J connectivity index is 1.43. The van der Waals surface area contributed by atoms with E-state index in [9.17, 15) is 4.79 Å². The number of rotatable bonds is 5. The van der Waals surface area contributed by atoms with Gasteiger partial charge in [0.25, 0.3) is 11.8 Å². The zero-order chi connectivity index (χ0) is 18.1.